The molecule has 7 heteroatoms. The van der Waals surface area contributed by atoms with Gasteiger partial charge in [-0.3, -0.25) is 0 Å². The summed E-state index contributed by atoms with van der Waals surface area (Å²) in [5, 5.41) is 0. The Kier molecular flexibility index (Phi) is 6.49. The average molecular weight is 403 g/mol. The number of hydrogen-bond donors (Lipinski definition) is 0. The van der Waals surface area contributed by atoms with Gasteiger partial charge in [-0.25, -0.2) is 4.79 Å². The molecule has 0 radical (unpaired) electrons. The van der Waals surface area contributed by atoms with Crippen LogP contribution in [0.2, 0.25) is 0 Å². The molecule has 2 aliphatic heterocycles. The fraction of sp³-hybridized carbons (Fsp3) is 0.682. The van der Waals surface area contributed by atoms with E-state index in [0.717, 1.165) is 30.5 Å². The number of rotatable bonds is 4. The van der Waals surface area contributed by atoms with E-state index in [2.05, 4.69) is 20.8 Å². The van der Waals surface area contributed by atoms with E-state index in [1.165, 1.54) is 0 Å². The minimum absolute atomic E-state index is 0.00135. The normalized spacial score (nSPS) is 24.5. The first-order valence-corrected chi connectivity index (χ1v) is 10.6. The van der Waals surface area contributed by atoms with Gasteiger partial charge in [-0.2, -0.15) is 0 Å². The second-order valence-electron chi connectivity index (χ2n) is 9.68. The highest BCUT2D eigenvalue weighted by Gasteiger charge is 2.40. The SMILES string of the molecule is C[C@H]1CC(C)(C)OB(c2ccccc2OC[C@@H]2CCCN2C(=O)OC(C)(C)C)O1. The van der Waals surface area contributed by atoms with Gasteiger partial charge in [0, 0.05) is 18.1 Å². The van der Waals surface area contributed by atoms with Gasteiger partial charge < -0.3 is 23.7 Å². The van der Waals surface area contributed by atoms with Crippen molar-refractivity contribution >= 4 is 18.7 Å². The number of para-hydroxylation sites is 1. The van der Waals surface area contributed by atoms with E-state index >= 15 is 0 Å². The molecule has 160 valence electrons. The Morgan fingerprint density at radius 2 is 2.03 bits per heavy atom. The Morgan fingerprint density at radius 1 is 1.31 bits per heavy atom. The summed E-state index contributed by atoms with van der Waals surface area (Å²) in [7, 11) is -0.463. The summed E-state index contributed by atoms with van der Waals surface area (Å²) in [6, 6.07) is 7.82. The lowest BCUT2D eigenvalue weighted by Gasteiger charge is -2.38. The smallest absolute Gasteiger partial charge is 0.492 e. The number of likely N-dealkylation sites (tertiary alicyclic amines) is 1. The van der Waals surface area contributed by atoms with E-state index in [0.29, 0.717) is 13.2 Å². The molecule has 2 heterocycles. The highest BCUT2D eigenvalue weighted by molar-refractivity contribution is 6.62. The number of carbonyl (C=O) groups is 1. The third kappa shape index (κ3) is 5.89. The van der Waals surface area contributed by atoms with Crippen LogP contribution in [0.1, 0.15) is 60.8 Å². The molecule has 29 heavy (non-hydrogen) atoms. The van der Waals surface area contributed by atoms with Gasteiger partial charge in [0.1, 0.15) is 18.0 Å². The summed E-state index contributed by atoms with van der Waals surface area (Å²) >= 11 is 0. The topological polar surface area (TPSA) is 57.2 Å². The molecule has 0 saturated carbocycles. The van der Waals surface area contributed by atoms with E-state index in [1.54, 1.807) is 4.90 Å². The van der Waals surface area contributed by atoms with Crippen molar-refractivity contribution in [2.45, 2.75) is 84.2 Å². The van der Waals surface area contributed by atoms with Crippen molar-refractivity contribution in [3.05, 3.63) is 24.3 Å². The van der Waals surface area contributed by atoms with E-state index in [4.69, 9.17) is 18.8 Å². The zero-order valence-electron chi connectivity index (χ0n) is 18.6. The average Bonchev–Trinajstić information content (AvgIpc) is 3.05. The maximum Gasteiger partial charge on any atom is 0.498 e. The molecule has 1 amide bonds. The van der Waals surface area contributed by atoms with Gasteiger partial charge in [-0.05, 0) is 66.9 Å². The molecular weight excluding hydrogens is 369 g/mol. The zero-order valence-corrected chi connectivity index (χ0v) is 18.6. The number of carbonyl (C=O) groups excluding carboxylic acids is 1. The fourth-order valence-electron chi connectivity index (χ4n) is 4.02. The van der Waals surface area contributed by atoms with Crippen LogP contribution in [0.25, 0.3) is 0 Å². The summed E-state index contributed by atoms with van der Waals surface area (Å²) in [4.78, 5) is 14.3. The summed E-state index contributed by atoms with van der Waals surface area (Å²) < 4.78 is 23.9. The van der Waals surface area contributed by atoms with Crippen LogP contribution in [0, 0.1) is 0 Å². The Hall–Kier alpha value is -1.73. The molecule has 3 rings (SSSR count). The third-order valence-corrected chi connectivity index (χ3v) is 5.17. The number of hydrogen-bond acceptors (Lipinski definition) is 5. The van der Waals surface area contributed by atoms with Crippen molar-refractivity contribution in [2.75, 3.05) is 13.2 Å². The Morgan fingerprint density at radius 3 is 2.72 bits per heavy atom. The lowest BCUT2D eigenvalue weighted by atomic mass is 9.74. The minimum Gasteiger partial charge on any atom is -0.492 e. The van der Waals surface area contributed by atoms with Crippen molar-refractivity contribution in [3.63, 3.8) is 0 Å². The molecule has 1 aromatic rings. The Bertz CT molecular complexity index is 717. The van der Waals surface area contributed by atoms with Crippen LogP contribution in [0.5, 0.6) is 5.75 Å². The van der Waals surface area contributed by atoms with Gasteiger partial charge in [0.25, 0.3) is 0 Å². The second-order valence-corrected chi connectivity index (χ2v) is 9.68. The van der Waals surface area contributed by atoms with Crippen molar-refractivity contribution in [1.82, 2.24) is 4.90 Å². The standard InChI is InChI=1S/C22H34BNO5/c1-16-14-22(5,6)29-23(28-16)18-11-7-8-12-19(18)26-15-17-10-9-13-24(17)20(25)27-21(2,3)4/h7-8,11-12,16-17H,9-10,13-15H2,1-6H3/t16-,17-/m0/s1. The van der Waals surface area contributed by atoms with E-state index in [-0.39, 0.29) is 23.8 Å². The molecular formula is C22H34BNO5. The van der Waals surface area contributed by atoms with Gasteiger partial charge in [-0.15, -0.1) is 0 Å². The number of benzene rings is 1. The monoisotopic (exact) mass is 403 g/mol. The van der Waals surface area contributed by atoms with E-state index in [1.807, 2.05) is 45.0 Å². The largest absolute Gasteiger partial charge is 0.498 e. The summed E-state index contributed by atoms with van der Waals surface area (Å²) in [6.07, 6.45) is 2.54. The van der Waals surface area contributed by atoms with Crippen molar-refractivity contribution in [2.24, 2.45) is 0 Å². The molecule has 0 aliphatic carbocycles. The molecule has 0 N–H and O–H groups in total. The predicted molar refractivity (Wildman–Crippen MR) is 114 cm³/mol. The maximum atomic E-state index is 12.5. The molecule has 2 saturated heterocycles. The molecule has 1 aromatic carbocycles. The van der Waals surface area contributed by atoms with Crippen molar-refractivity contribution < 1.29 is 23.6 Å². The van der Waals surface area contributed by atoms with Gasteiger partial charge in [0.15, 0.2) is 0 Å². The van der Waals surface area contributed by atoms with Crippen molar-refractivity contribution in [3.8, 4) is 5.75 Å². The van der Waals surface area contributed by atoms with Crippen LogP contribution in [0.15, 0.2) is 24.3 Å². The molecule has 2 fully saturated rings. The minimum atomic E-state index is -0.503. The molecule has 2 atom stereocenters. The molecule has 2 aliphatic rings. The van der Waals surface area contributed by atoms with Gasteiger partial charge in [0.2, 0.25) is 0 Å². The number of amides is 1. The van der Waals surface area contributed by atoms with Crippen LogP contribution < -0.4 is 10.2 Å². The van der Waals surface area contributed by atoms with E-state index < -0.39 is 12.7 Å². The van der Waals surface area contributed by atoms with E-state index in [9.17, 15) is 4.79 Å². The molecule has 0 spiro atoms. The predicted octanol–water partition coefficient (Wildman–Crippen LogP) is 3.76. The molecule has 0 unspecified atom stereocenters. The molecule has 0 aromatic heterocycles. The highest BCUT2D eigenvalue weighted by atomic mass is 16.6. The molecule has 0 bridgehead atoms. The van der Waals surface area contributed by atoms with Crippen LogP contribution >= 0.6 is 0 Å². The fourth-order valence-corrected chi connectivity index (χ4v) is 4.02. The molecule has 6 nitrogen and oxygen atoms in total. The Balaban J connectivity index is 1.68. The van der Waals surface area contributed by atoms with Crippen LogP contribution in [0.4, 0.5) is 4.79 Å². The Labute approximate surface area is 175 Å². The maximum absolute atomic E-state index is 12.5. The lowest BCUT2D eigenvalue weighted by Crippen LogP contribution is -2.52. The first kappa shape index (κ1) is 22.0. The first-order valence-electron chi connectivity index (χ1n) is 10.6. The first-order chi connectivity index (χ1) is 13.5. The third-order valence-electron chi connectivity index (χ3n) is 5.17. The van der Waals surface area contributed by atoms with Gasteiger partial charge in [-0.1, -0.05) is 18.2 Å². The lowest BCUT2D eigenvalue weighted by molar-refractivity contribution is -0.0232. The number of ether oxygens (including phenoxy) is 2. The van der Waals surface area contributed by atoms with Gasteiger partial charge >= 0.3 is 13.2 Å². The van der Waals surface area contributed by atoms with Crippen LogP contribution in [0.3, 0.4) is 0 Å². The van der Waals surface area contributed by atoms with Crippen LogP contribution in [-0.4, -0.2) is 54.6 Å². The number of nitrogens with zero attached hydrogens (tertiary/aromatic N) is 1. The quantitative estimate of drug-likeness (QED) is 0.717. The zero-order chi connectivity index (χ0) is 21.2. The highest BCUT2D eigenvalue weighted by Crippen LogP contribution is 2.27. The summed E-state index contributed by atoms with van der Waals surface area (Å²) in [5.41, 5.74) is 0.125. The van der Waals surface area contributed by atoms with Gasteiger partial charge in [0.05, 0.1) is 11.6 Å². The van der Waals surface area contributed by atoms with Crippen molar-refractivity contribution in [1.29, 1.82) is 0 Å². The second kappa shape index (κ2) is 8.56. The summed E-state index contributed by atoms with van der Waals surface area (Å²) in [5.74, 6) is 0.735. The van der Waals surface area contributed by atoms with Crippen LogP contribution in [-0.2, 0) is 14.0 Å². The summed E-state index contributed by atoms with van der Waals surface area (Å²) in [6.45, 7) is 13.0.